The lowest BCUT2D eigenvalue weighted by molar-refractivity contribution is -0.143. The number of nitrogens with one attached hydrogen (secondary N) is 1. The molecule has 5 nitrogen and oxygen atoms in total. The standard InChI is InChI=1S/C15H19BrN2O3/c1-10-2-3-13(16)8-12(10)9-17-15(21)18-6-4-11(5-7-18)14(19)20/h2-3,8,11H,4-7,9H2,1H3,(H,17,21)(H,19,20). The molecule has 0 atom stereocenters. The molecule has 0 aromatic heterocycles. The zero-order valence-corrected chi connectivity index (χ0v) is 13.5. The van der Waals surface area contributed by atoms with Crippen LogP contribution in [0.5, 0.6) is 0 Å². The average Bonchev–Trinajstić information content (AvgIpc) is 2.48. The van der Waals surface area contributed by atoms with Gasteiger partial charge >= 0.3 is 12.0 Å². The summed E-state index contributed by atoms with van der Waals surface area (Å²) in [5.74, 6) is -1.08. The van der Waals surface area contributed by atoms with Crippen molar-refractivity contribution in [3.63, 3.8) is 0 Å². The summed E-state index contributed by atoms with van der Waals surface area (Å²) >= 11 is 3.42. The first-order valence-electron chi connectivity index (χ1n) is 6.98. The Balaban J connectivity index is 1.85. The third kappa shape index (κ3) is 4.20. The van der Waals surface area contributed by atoms with Crippen molar-refractivity contribution >= 4 is 27.9 Å². The SMILES string of the molecule is Cc1ccc(Br)cc1CNC(=O)N1CCC(C(=O)O)CC1. The predicted molar refractivity (Wildman–Crippen MR) is 83.0 cm³/mol. The molecule has 1 fully saturated rings. The number of carboxylic acids is 1. The van der Waals surface area contributed by atoms with E-state index in [0.29, 0.717) is 32.5 Å². The van der Waals surface area contributed by atoms with Gasteiger partial charge in [0, 0.05) is 24.1 Å². The second kappa shape index (κ2) is 6.93. The second-order valence-corrected chi connectivity index (χ2v) is 6.24. The van der Waals surface area contributed by atoms with Gasteiger partial charge in [0.25, 0.3) is 0 Å². The number of aliphatic carboxylic acids is 1. The quantitative estimate of drug-likeness (QED) is 0.876. The highest BCUT2D eigenvalue weighted by Gasteiger charge is 2.26. The number of benzene rings is 1. The van der Waals surface area contributed by atoms with Crippen LogP contribution < -0.4 is 5.32 Å². The number of carbonyl (C=O) groups is 2. The van der Waals surface area contributed by atoms with Gasteiger partial charge in [-0.15, -0.1) is 0 Å². The maximum atomic E-state index is 12.1. The number of carbonyl (C=O) groups excluding carboxylic acids is 1. The molecule has 0 unspecified atom stereocenters. The van der Waals surface area contributed by atoms with Crippen LogP contribution in [-0.4, -0.2) is 35.1 Å². The molecular weight excluding hydrogens is 336 g/mol. The van der Waals surface area contributed by atoms with Crippen LogP contribution in [0.4, 0.5) is 4.79 Å². The molecule has 1 aromatic rings. The first-order chi connectivity index (χ1) is 9.97. The third-order valence-corrected chi connectivity index (χ3v) is 4.37. The molecule has 1 saturated heterocycles. The Kier molecular flexibility index (Phi) is 5.22. The minimum absolute atomic E-state index is 0.127. The normalized spacial score (nSPS) is 15.8. The zero-order chi connectivity index (χ0) is 15.4. The Bertz CT molecular complexity index is 540. The number of likely N-dealkylation sites (tertiary alicyclic amines) is 1. The van der Waals surface area contributed by atoms with E-state index in [-0.39, 0.29) is 11.9 Å². The highest BCUT2D eigenvalue weighted by Crippen LogP contribution is 2.18. The Morgan fingerprint density at radius 2 is 2.05 bits per heavy atom. The molecule has 2 amide bonds. The van der Waals surface area contributed by atoms with Crippen LogP contribution in [0.25, 0.3) is 0 Å². The molecule has 6 heteroatoms. The summed E-state index contributed by atoms with van der Waals surface area (Å²) in [5.41, 5.74) is 2.20. The fourth-order valence-electron chi connectivity index (χ4n) is 2.44. The van der Waals surface area contributed by atoms with Crippen LogP contribution in [-0.2, 0) is 11.3 Å². The van der Waals surface area contributed by atoms with Gasteiger partial charge in [0.1, 0.15) is 0 Å². The number of halogens is 1. The first-order valence-corrected chi connectivity index (χ1v) is 7.77. The first kappa shape index (κ1) is 15.8. The molecule has 1 heterocycles. The van der Waals surface area contributed by atoms with Crippen molar-refractivity contribution in [2.24, 2.45) is 5.92 Å². The lowest BCUT2D eigenvalue weighted by Crippen LogP contribution is -2.45. The molecule has 1 aliphatic heterocycles. The Morgan fingerprint density at radius 3 is 2.67 bits per heavy atom. The van der Waals surface area contributed by atoms with Crippen LogP contribution in [0.3, 0.4) is 0 Å². The Hall–Kier alpha value is -1.56. The lowest BCUT2D eigenvalue weighted by Gasteiger charge is -2.30. The van der Waals surface area contributed by atoms with Gasteiger partial charge in [-0.05, 0) is 43.0 Å². The van der Waals surface area contributed by atoms with E-state index in [0.717, 1.165) is 15.6 Å². The molecule has 2 N–H and O–H groups in total. The number of carboxylic acid groups (broad SMARTS) is 1. The van der Waals surface area contributed by atoms with Crippen molar-refractivity contribution in [3.8, 4) is 0 Å². The highest BCUT2D eigenvalue weighted by atomic mass is 79.9. The fraction of sp³-hybridized carbons (Fsp3) is 0.467. The Morgan fingerprint density at radius 1 is 1.38 bits per heavy atom. The van der Waals surface area contributed by atoms with Crippen molar-refractivity contribution in [1.29, 1.82) is 0 Å². The summed E-state index contributed by atoms with van der Waals surface area (Å²) < 4.78 is 0.986. The second-order valence-electron chi connectivity index (χ2n) is 5.33. The van der Waals surface area contributed by atoms with Crippen LogP contribution >= 0.6 is 15.9 Å². The van der Waals surface area contributed by atoms with Gasteiger partial charge < -0.3 is 15.3 Å². The molecule has 0 radical (unpaired) electrons. The minimum atomic E-state index is -0.764. The molecule has 1 aromatic carbocycles. The molecule has 2 rings (SSSR count). The summed E-state index contributed by atoms with van der Waals surface area (Å²) in [5, 5.41) is 11.8. The maximum absolute atomic E-state index is 12.1. The summed E-state index contributed by atoms with van der Waals surface area (Å²) in [6, 6.07) is 5.84. The smallest absolute Gasteiger partial charge is 0.317 e. The summed E-state index contributed by atoms with van der Waals surface area (Å²) in [7, 11) is 0. The van der Waals surface area contributed by atoms with Gasteiger partial charge in [0.15, 0.2) is 0 Å². The van der Waals surface area contributed by atoms with Crippen molar-refractivity contribution in [2.45, 2.75) is 26.3 Å². The monoisotopic (exact) mass is 354 g/mol. The van der Waals surface area contributed by atoms with Gasteiger partial charge in [0.2, 0.25) is 0 Å². The summed E-state index contributed by atoms with van der Waals surface area (Å²) in [4.78, 5) is 24.7. The van der Waals surface area contributed by atoms with Gasteiger partial charge in [-0.25, -0.2) is 4.79 Å². The van der Waals surface area contributed by atoms with E-state index in [9.17, 15) is 9.59 Å². The van der Waals surface area contributed by atoms with E-state index in [1.54, 1.807) is 4.90 Å². The molecule has 21 heavy (non-hydrogen) atoms. The molecule has 0 spiro atoms. The molecule has 0 aliphatic carbocycles. The topological polar surface area (TPSA) is 69.6 Å². The number of hydrogen-bond donors (Lipinski definition) is 2. The minimum Gasteiger partial charge on any atom is -0.481 e. The number of amides is 2. The number of rotatable bonds is 3. The number of urea groups is 1. The van der Waals surface area contributed by atoms with Crippen LogP contribution in [0.1, 0.15) is 24.0 Å². The van der Waals surface area contributed by atoms with Crippen molar-refractivity contribution in [1.82, 2.24) is 10.2 Å². The van der Waals surface area contributed by atoms with E-state index in [1.165, 1.54) is 0 Å². The largest absolute Gasteiger partial charge is 0.481 e. The predicted octanol–water partition coefficient (Wildman–Crippen LogP) is 2.76. The molecular formula is C15H19BrN2O3. The number of hydrogen-bond acceptors (Lipinski definition) is 2. The third-order valence-electron chi connectivity index (χ3n) is 3.87. The maximum Gasteiger partial charge on any atom is 0.317 e. The number of piperidine rings is 1. The van der Waals surface area contributed by atoms with Crippen molar-refractivity contribution in [3.05, 3.63) is 33.8 Å². The lowest BCUT2D eigenvalue weighted by atomic mass is 9.97. The zero-order valence-electron chi connectivity index (χ0n) is 11.9. The van der Waals surface area contributed by atoms with E-state index >= 15 is 0 Å². The van der Waals surface area contributed by atoms with Crippen molar-refractivity contribution < 1.29 is 14.7 Å². The molecule has 0 saturated carbocycles. The van der Waals surface area contributed by atoms with Gasteiger partial charge in [-0.1, -0.05) is 22.0 Å². The average molecular weight is 355 g/mol. The fourth-order valence-corrected chi connectivity index (χ4v) is 2.85. The van der Waals surface area contributed by atoms with Crippen molar-refractivity contribution in [2.75, 3.05) is 13.1 Å². The van der Waals surface area contributed by atoms with Gasteiger partial charge in [0.05, 0.1) is 5.92 Å². The highest BCUT2D eigenvalue weighted by molar-refractivity contribution is 9.10. The van der Waals surface area contributed by atoms with Gasteiger partial charge in [-0.3, -0.25) is 4.79 Å². The van der Waals surface area contributed by atoms with Crippen LogP contribution in [0.2, 0.25) is 0 Å². The Labute approximate surface area is 132 Å². The van der Waals surface area contributed by atoms with E-state index < -0.39 is 5.97 Å². The van der Waals surface area contributed by atoms with E-state index in [4.69, 9.17) is 5.11 Å². The number of aryl methyl sites for hydroxylation is 1. The summed E-state index contributed by atoms with van der Waals surface area (Å²) in [6.45, 7) is 3.48. The summed E-state index contributed by atoms with van der Waals surface area (Å²) in [6.07, 6.45) is 1.05. The van der Waals surface area contributed by atoms with E-state index in [1.807, 2.05) is 25.1 Å². The molecule has 1 aliphatic rings. The van der Waals surface area contributed by atoms with E-state index in [2.05, 4.69) is 21.2 Å². The number of nitrogens with zero attached hydrogens (tertiary/aromatic N) is 1. The van der Waals surface area contributed by atoms with Crippen LogP contribution in [0.15, 0.2) is 22.7 Å². The molecule has 114 valence electrons. The molecule has 0 bridgehead atoms. The van der Waals surface area contributed by atoms with Crippen LogP contribution in [0, 0.1) is 12.8 Å². The van der Waals surface area contributed by atoms with Gasteiger partial charge in [-0.2, -0.15) is 0 Å².